The number of fused-ring (bicyclic) bond motifs is 1. The number of aromatic nitrogens is 1. The first-order valence-electron chi connectivity index (χ1n) is 8.53. The second kappa shape index (κ2) is 7.78. The number of hydrogen-bond acceptors (Lipinski definition) is 3. The number of piperidine rings is 1. The van der Waals surface area contributed by atoms with E-state index in [0.29, 0.717) is 31.1 Å². The minimum absolute atomic E-state index is 0.0181. The van der Waals surface area contributed by atoms with Gasteiger partial charge in [-0.05, 0) is 43.5 Å². The number of carbonyl (C=O) groups is 2. The fraction of sp³-hybridized carbons (Fsp3) is 0.444. The van der Waals surface area contributed by atoms with E-state index in [2.05, 4.69) is 10.3 Å². The van der Waals surface area contributed by atoms with E-state index in [0.717, 1.165) is 29.3 Å². The smallest absolute Gasteiger partial charge is 0.409 e. The maximum absolute atomic E-state index is 12.4. The quantitative estimate of drug-likeness (QED) is 0.876. The zero-order valence-electron chi connectivity index (χ0n) is 14.2. The lowest BCUT2D eigenvalue weighted by Crippen LogP contribution is -2.47. The highest BCUT2D eigenvalue weighted by atomic mass is 35.5. The molecule has 0 atom stereocenters. The summed E-state index contributed by atoms with van der Waals surface area (Å²) in [6, 6.07) is 5.69. The van der Waals surface area contributed by atoms with Crippen molar-refractivity contribution >= 4 is 34.5 Å². The van der Waals surface area contributed by atoms with Crippen molar-refractivity contribution < 1.29 is 14.3 Å². The molecule has 134 valence electrons. The Morgan fingerprint density at radius 3 is 2.84 bits per heavy atom. The molecule has 3 rings (SSSR count). The van der Waals surface area contributed by atoms with Gasteiger partial charge in [-0.3, -0.25) is 4.79 Å². The molecule has 1 aromatic heterocycles. The molecule has 0 spiro atoms. The summed E-state index contributed by atoms with van der Waals surface area (Å²) >= 11 is 6.04. The predicted molar refractivity (Wildman–Crippen MR) is 96.8 cm³/mol. The van der Waals surface area contributed by atoms with Gasteiger partial charge in [0, 0.05) is 41.3 Å². The maximum atomic E-state index is 12.4. The second-order valence-corrected chi connectivity index (χ2v) is 6.64. The SMILES string of the molecule is CCOC(=O)N1CCC(NC(=O)Cc2c[nH]c3ccc(Cl)cc23)CC1. The highest BCUT2D eigenvalue weighted by molar-refractivity contribution is 6.31. The van der Waals surface area contributed by atoms with E-state index in [-0.39, 0.29) is 18.0 Å². The molecule has 25 heavy (non-hydrogen) atoms. The van der Waals surface area contributed by atoms with Gasteiger partial charge in [-0.15, -0.1) is 0 Å². The van der Waals surface area contributed by atoms with Crippen LogP contribution in [-0.2, 0) is 16.0 Å². The van der Waals surface area contributed by atoms with Crippen LogP contribution in [0.2, 0.25) is 5.02 Å². The van der Waals surface area contributed by atoms with Gasteiger partial charge in [0.1, 0.15) is 0 Å². The summed E-state index contributed by atoms with van der Waals surface area (Å²) in [5.41, 5.74) is 1.90. The van der Waals surface area contributed by atoms with E-state index < -0.39 is 0 Å². The minimum atomic E-state index is -0.275. The largest absolute Gasteiger partial charge is 0.450 e. The van der Waals surface area contributed by atoms with E-state index in [1.807, 2.05) is 24.4 Å². The Labute approximate surface area is 151 Å². The van der Waals surface area contributed by atoms with Crippen LogP contribution in [0.15, 0.2) is 24.4 Å². The molecule has 1 aliphatic rings. The van der Waals surface area contributed by atoms with Crippen LogP contribution in [0.4, 0.5) is 4.79 Å². The number of H-pyrrole nitrogens is 1. The summed E-state index contributed by atoms with van der Waals surface area (Å²) < 4.78 is 5.00. The molecule has 1 aliphatic heterocycles. The van der Waals surface area contributed by atoms with Crippen LogP contribution in [0.5, 0.6) is 0 Å². The van der Waals surface area contributed by atoms with E-state index in [4.69, 9.17) is 16.3 Å². The molecule has 6 nitrogen and oxygen atoms in total. The van der Waals surface area contributed by atoms with Crippen molar-refractivity contribution in [3.8, 4) is 0 Å². The van der Waals surface area contributed by atoms with Crippen molar-refractivity contribution in [1.29, 1.82) is 0 Å². The summed E-state index contributed by atoms with van der Waals surface area (Å²) in [5.74, 6) is -0.0181. The molecule has 0 saturated carbocycles. The summed E-state index contributed by atoms with van der Waals surface area (Å²) in [5, 5.41) is 4.69. The van der Waals surface area contributed by atoms with Gasteiger partial charge in [0.2, 0.25) is 5.91 Å². The predicted octanol–water partition coefficient (Wildman–Crippen LogP) is 3.10. The Morgan fingerprint density at radius 1 is 1.36 bits per heavy atom. The lowest BCUT2D eigenvalue weighted by atomic mass is 10.0. The molecular formula is C18H22ClN3O3. The first kappa shape index (κ1) is 17.6. The van der Waals surface area contributed by atoms with Crippen LogP contribution in [0.3, 0.4) is 0 Å². The fourth-order valence-corrected chi connectivity index (χ4v) is 3.34. The van der Waals surface area contributed by atoms with Crippen LogP contribution in [0.25, 0.3) is 10.9 Å². The van der Waals surface area contributed by atoms with Crippen molar-refractivity contribution in [3.63, 3.8) is 0 Å². The normalized spacial score (nSPS) is 15.4. The van der Waals surface area contributed by atoms with Crippen LogP contribution >= 0.6 is 11.6 Å². The molecule has 1 saturated heterocycles. The molecule has 2 heterocycles. The molecule has 0 radical (unpaired) electrons. The van der Waals surface area contributed by atoms with Gasteiger partial charge in [0.05, 0.1) is 13.0 Å². The molecule has 0 unspecified atom stereocenters. The zero-order chi connectivity index (χ0) is 17.8. The third-order valence-corrected chi connectivity index (χ3v) is 4.70. The Bertz CT molecular complexity index is 766. The number of amides is 2. The summed E-state index contributed by atoms with van der Waals surface area (Å²) in [4.78, 5) is 28.9. The van der Waals surface area contributed by atoms with E-state index >= 15 is 0 Å². The number of aromatic amines is 1. The topological polar surface area (TPSA) is 74.4 Å². The van der Waals surface area contributed by atoms with Gasteiger partial charge in [-0.25, -0.2) is 4.79 Å². The fourth-order valence-electron chi connectivity index (χ4n) is 3.17. The molecular weight excluding hydrogens is 342 g/mol. The highest BCUT2D eigenvalue weighted by Gasteiger charge is 2.24. The second-order valence-electron chi connectivity index (χ2n) is 6.21. The summed E-state index contributed by atoms with van der Waals surface area (Å²) in [7, 11) is 0. The molecule has 0 aliphatic carbocycles. The average Bonchev–Trinajstić information content (AvgIpc) is 2.97. The average molecular weight is 364 g/mol. The molecule has 1 fully saturated rings. The van der Waals surface area contributed by atoms with Gasteiger partial charge in [0.15, 0.2) is 0 Å². The Kier molecular flexibility index (Phi) is 5.48. The lowest BCUT2D eigenvalue weighted by Gasteiger charge is -2.31. The van der Waals surface area contributed by atoms with Gasteiger partial charge in [0.25, 0.3) is 0 Å². The molecule has 2 aromatic rings. The van der Waals surface area contributed by atoms with Crippen LogP contribution < -0.4 is 5.32 Å². The summed E-state index contributed by atoms with van der Waals surface area (Å²) in [6.45, 7) is 3.38. The Morgan fingerprint density at radius 2 is 2.12 bits per heavy atom. The number of hydrogen-bond donors (Lipinski definition) is 2. The number of benzene rings is 1. The first-order valence-corrected chi connectivity index (χ1v) is 8.91. The van der Waals surface area contributed by atoms with Gasteiger partial charge >= 0.3 is 6.09 Å². The number of nitrogens with one attached hydrogen (secondary N) is 2. The Hall–Kier alpha value is -2.21. The van der Waals surface area contributed by atoms with Crippen molar-refractivity contribution in [1.82, 2.24) is 15.2 Å². The maximum Gasteiger partial charge on any atom is 0.409 e. The monoisotopic (exact) mass is 363 g/mol. The molecule has 2 N–H and O–H groups in total. The molecule has 7 heteroatoms. The van der Waals surface area contributed by atoms with Crippen molar-refractivity contribution in [2.75, 3.05) is 19.7 Å². The molecule has 1 aromatic carbocycles. The number of carbonyl (C=O) groups excluding carboxylic acids is 2. The Balaban J connectivity index is 1.53. The first-order chi connectivity index (χ1) is 12.1. The van der Waals surface area contributed by atoms with Crippen molar-refractivity contribution in [2.45, 2.75) is 32.2 Å². The number of ether oxygens (including phenoxy) is 1. The van der Waals surface area contributed by atoms with Crippen LogP contribution in [0, 0.1) is 0 Å². The zero-order valence-corrected chi connectivity index (χ0v) is 14.9. The van der Waals surface area contributed by atoms with Gasteiger partial charge < -0.3 is 19.9 Å². The van der Waals surface area contributed by atoms with Crippen molar-refractivity contribution in [2.24, 2.45) is 0 Å². The van der Waals surface area contributed by atoms with E-state index in [1.165, 1.54) is 0 Å². The number of rotatable bonds is 4. The number of likely N-dealkylation sites (tertiary alicyclic amines) is 1. The number of nitrogens with zero attached hydrogens (tertiary/aromatic N) is 1. The third-order valence-electron chi connectivity index (χ3n) is 4.47. The standard InChI is InChI=1S/C18H22ClN3O3/c1-2-25-18(24)22-7-5-14(6-8-22)21-17(23)9-12-11-20-16-4-3-13(19)10-15(12)16/h3-4,10-11,14,20H,2,5-9H2,1H3,(H,21,23). The van der Waals surface area contributed by atoms with E-state index in [1.54, 1.807) is 11.8 Å². The van der Waals surface area contributed by atoms with Crippen molar-refractivity contribution in [3.05, 3.63) is 35.0 Å². The minimum Gasteiger partial charge on any atom is -0.450 e. The van der Waals surface area contributed by atoms with Gasteiger partial charge in [-0.2, -0.15) is 0 Å². The number of halogens is 1. The molecule has 2 amide bonds. The summed E-state index contributed by atoms with van der Waals surface area (Å²) in [6.07, 6.45) is 3.36. The third kappa shape index (κ3) is 4.25. The lowest BCUT2D eigenvalue weighted by molar-refractivity contribution is -0.121. The molecule has 0 bridgehead atoms. The van der Waals surface area contributed by atoms with Crippen LogP contribution in [0.1, 0.15) is 25.3 Å². The van der Waals surface area contributed by atoms with Gasteiger partial charge in [-0.1, -0.05) is 11.6 Å². The van der Waals surface area contributed by atoms with E-state index in [9.17, 15) is 9.59 Å². The van der Waals surface area contributed by atoms with Crippen LogP contribution in [-0.4, -0.2) is 47.6 Å². The highest BCUT2D eigenvalue weighted by Crippen LogP contribution is 2.23.